The Morgan fingerprint density at radius 3 is 2.55 bits per heavy atom. The third-order valence-electron chi connectivity index (χ3n) is 5.88. The molecule has 2 fully saturated rings. The van der Waals surface area contributed by atoms with E-state index in [9.17, 15) is 14.7 Å². The summed E-state index contributed by atoms with van der Waals surface area (Å²) in [5.74, 6) is 0.0964. The van der Waals surface area contributed by atoms with Gasteiger partial charge >= 0.3 is 0 Å². The average Bonchev–Trinajstić information content (AvgIpc) is 2.48. The number of carbonyl (C=O) groups excluding carboxylic acids is 2. The summed E-state index contributed by atoms with van der Waals surface area (Å²) in [6.07, 6.45) is 4.93. The van der Waals surface area contributed by atoms with Crippen LogP contribution in [0.1, 0.15) is 52.9 Å². The fourth-order valence-corrected chi connectivity index (χ4v) is 4.87. The van der Waals surface area contributed by atoms with Crippen molar-refractivity contribution < 1.29 is 14.7 Å². The summed E-state index contributed by atoms with van der Waals surface area (Å²) >= 11 is 0. The topological polar surface area (TPSA) is 54.4 Å². The molecule has 0 aromatic rings. The number of carbonyl (C=O) groups is 2. The summed E-state index contributed by atoms with van der Waals surface area (Å²) in [5.41, 5.74) is 0.600. The molecule has 0 spiro atoms. The Labute approximate surface area is 134 Å². The normalized spacial score (nSPS) is 35.9. The molecule has 5 unspecified atom stereocenters. The number of fused-ring (bicyclic) bond motifs is 1. The van der Waals surface area contributed by atoms with Crippen LogP contribution in [-0.4, -0.2) is 23.3 Å². The van der Waals surface area contributed by atoms with Gasteiger partial charge in [-0.3, -0.25) is 9.59 Å². The van der Waals surface area contributed by atoms with Crippen LogP contribution < -0.4 is 0 Å². The number of unbranched alkanes of at least 4 members (excludes halogenated alkanes) is 1. The summed E-state index contributed by atoms with van der Waals surface area (Å²) in [5, 5.41) is 9.81. The van der Waals surface area contributed by atoms with Crippen molar-refractivity contribution >= 4 is 11.6 Å². The van der Waals surface area contributed by atoms with Gasteiger partial charge < -0.3 is 5.11 Å². The number of allylic oxidation sites excluding steroid dienone is 1. The molecule has 0 radical (unpaired) electrons. The number of hydrogen-bond acceptors (Lipinski definition) is 3. The molecule has 0 aromatic heterocycles. The van der Waals surface area contributed by atoms with Crippen molar-refractivity contribution in [1.29, 1.82) is 0 Å². The smallest absolute Gasteiger partial charge is 0.169 e. The monoisotopic (exact) mass is 306 g/mol. The number of ketones is 2. The lowest BCUT2D eigenvalue weighted by Crippen LogP contribution is -2.54. The highest BCUT2D eigenvalue weighted by atomic mass is 16.3. The minimum Gasteiger partial charge on any atom is -0.396 e. The van der Waals surface area contributed by atoms with Crippen LogP contribution >= 0.6 is 0 Å². The maximum atomic E-state index is 12.9. The molecule has 1 N–H and O–H groups in total. The molecule has 124 valence electrons. The van der Waals surface area contributed by atoms with E-state index in [2.05, 4.69) is 27.4 Å². The summed E-state index contributed by atoms with van der Waals surface area (Å²) in [6.45, 7) is 10.2. The van der Waals surface area contributed by atoms with Crippen molar-refractivity contribution in [3.63, 3.8) is 0 Å². The Bertz CT molecular complexity index is 452. The molecule has 2 rings (SSSR count). The minimum absolute atomic E-state index is 0.0233. The maximum absolute atomic E-state index is 12.9. The van der Waals surface area contributed by atoms with Gasteiger partial charge in [0.1, 0.15) is 5.78 Å². The summed E-state index contributed by atoms with van der Waals surface area (Å²) in [4.78, 5) is 25.4. The number of rotatable bonds is 5. The highest BCUT2D eigenvalue weighted by Crippen LogP contribution is 2.50. The van der Waals surface area contributed by atoms with Crippen molar-refractivity contribution in [2.45, 2.75) is 52.9 Å². The molecule has 22 heavy (non-hydrogen) atoms. The van der Waals surface area contributed by atoms with E-state index in [-0.39, 0.29) is 35.9 Å². The van der Waals surface area contributed by atoms with E-state index >= 15 is 0 Å². The predicted octanol–water partition coefficient (Wildman–Crippen LogP) is 3.41. The molecule has 2 aliphatic carbocycles. The van der Waals surface area contributed by atoms with Gasteiger partial charge in [-0.05, 0) is 48.5 Å². The van der Waals surface area contributed by atoms with E-state index in [1.807, 2.05) is 0 Å². The van der Waals surface area contributed by atoms with E-state index in [1.54, 1.807) is 0 Å². The molecule has 0 aliphatic heterocycles. The second-order valence-corrected chi connectivity index (χ2v) is 7.47. The molecule has 5 atom stereocenters. The van der Waals surface area contributed by atoms with E-state index < -0.39 is 5.92 Å². The summed E-state index contributed by atoms with van der Waals surface area (Å²) in [6, 6.07) is 0. The maximum Gasteiger partial charge on any atom is 0.169 e. The fourth-order valence-electron chi connectivity index (χ4n) is 4.87. The Kier molecular flexibility index (Phi) is 5.60. The lowest BCUT2D eigenvalue weighted by atomic mass is 9.53. The van der Waals surface area contributed by atoms with Crippen LogP contribution in [0.3, 0.4) is 0 Å². The molecule has 3 nitrogen and oxygen atoms in total. The lowest BCUT2D eigenvalue weighted by Gasteiger charge is -2.49. The van der Waals surface area contributed by atoms with Crippen LogP contribution in [-0.2, 0) is 9.59 Å². The zero-order valence-electron chi connectivity index (χ0n) is 14.2. The van der Waals surface area contributed by atoms with Crippen LogP contribution in [0.2, 0.25) is 0 Å². The molecular weight excluding hydrogens is 276 g/mol. The van der Waals surface area contributed by atoms with Crippen LogP contribution in [0.5, 0.6) is 0 Å². The van der Waals surface area contributed by atoms with Crippen molar-refractivity contribution in [3.8, 4) is 0 Å². The quantitative estimate of drug-likeness (QED) is 0.625. The molecule has 2 saturated carbocycles. The van der Waals surface area contributed by atoms with Gasteiger partial charge in [0.2, 0.25) is 0 Å². The Hall–Kier alpha value is -0.960. The second-order valence-electron chi connectivity index (χ2n) is 7.47. The standard InChI is InChI=1S/C19H30O3/c1-5-6-7-13-14-9-8-12(4)18(21)17(14)19(22)15(10-20)16(13)11(2)3/h11,13-17,20H,4-10H2,1-3H3. The Morgan fingerprint density at radius 1 is 1.32 bits per heavy atom. The molecule has 3 heteroatoms. The van der Waals surface area contributed by atoms with Crippen LogP contribution in [0.25, 0.3) is 0 Å². The number of aliphatic hydroxyl groups excluding tert-OH is 1. The molecule has 2 aliphatic rings. The van der Waals surface area contributed by atoms with E-state index in [0.717, 1.165) is 32.1 Å². The van der Waals surface area contributed by atoms with Crippen molar-refractivity contribution in [1.82, 2.24) is 0 Å². The second kappa shape index (κ2) is 7.08. The third-order valence-corrected chi connectivity index (χ3v) is 5.88. The lowest BCUT2D eigenvalue weighted by molar-refractivity contribution is -0.150. The van der Waals surface area contributed by atoms with Crippen molar-refractivity contribution in [2.75, 3.05) is 6.61 Å². The minimum atomic E-state index is -0.532. The SMILES string of the molecule is C=C1CCC2C(C1=O)C(=O)C(CO)C(C(C)C)C2CCCC. The van der Waals surface area contributed by atoms with Crippen LogP contribution in [0, 0.1) is 35.5 Å². The zero-order chi connectivity index (χ0) is 16.4. The molecular formula is C19H30O3. The van der Waals surface area contributed by atoms with E-state index in [1.165, 1.54) is 0 Å². The molecule has 0 amide bonds. The van der Waals surface area contributed by atoms with E-state index in [0.29, 0.717) is 17.4 Å². The number of hydrogen-bond donors (Lipinski definition) is 1. The van der Waals surface area contributed by atoms with Gasteiger partial charge in [-0.15, -0.1) is 0 Å². The van der Waals surface area contributed by atoms with E-state index in [4.69, 9.17) is 0 Å². The molecule has 0 bridgehead atoms. The average molecular weight is 306 g/mol. The number of Topliss-reactive ketones (excluding diaryl/α,β-unsaturated/α-hetero) is 2. The first-order valence-electron chi connectivity index (χ1n) is 8.80. The van der Waals surface area contributed by atoms with Gasteiger partial charge in [0.15, 0.2) is 5.78 Å². The number of aliphatic hydroxyl groups is 1. The first-order valence-corrected chi connectivity index (χ1v) is 8.80. The van der Waals surface area contributed by atoms with Gasteiger partial charge in [0.05, 0.1) is 12.5 Å². The van der Waals surface area contributed by atoms with Gasteiger partial charge in [-0.25, -0.2) is 0 Å². The van der Waals surface area contributed by atoms with Crippen molar-refractivity contribution in [3.05, 3.63) is 12.2 Å². The first-order chi connectivity index (χ1) is 10.4. The summed E-state index contributed by atoms with van der Waals surface area (Å²) in [7, 11) is 0. The molecule has 0 saturated heterocycles. The molecule has 0 heterocycles. The van der Waals surface area contributed by atoms with Gasteiger partial charge in [0.25, 0.3) is 0 Å². The van der Waals surface area contributed by atoms with Crippen LogP contribution in [0.4, 0.5) is 0 Å². The Balaban J connectivity index is 2.39. The largest absolute Gasteiger partial charge is 0.396 e. The highest BCUT2D eigenvalue weighted by Gasteiger charge is 2.53. The van der Waals surface area contributed by atoms with Gasteiger partial charge in [-0.2, -0.15) is 0 Å². The van der Waals surface area contributed by atoms with Crippen LogP contribution in [0.15, 0.2) is 12.2 Å². The highest BCUT2D eigenvalue weighted by molar-refractivity contribution is 6.12. The van der Waals surface area contributed by atoms with Gasteiger partial charge in [0, 0.05) is 5.92 Å². The van der Waals surface area contributed by atoms with Gasteiger partial charge in [-0.1, -0.05) is 40.2 Å². The zero-order valence-corrected chi connectivity index (χ0v) is 14.2. The van der Waals surface area contributed by atoms with Crippen molar-refractivity contribution in [2.24, 2.45) is 35.5 Å². The summed E-state index contributed by atoms with van der Waals surface area (Å²) < 4.78 is 0. The molecule has 0 aromatic carbocycles. The first kappa shape index (κ1) is 17.4. The fraction of sp³-hybridized carbons (Fsp3) is 0.789. The third kappa shape index (κ3) is 2.92. The Morgan fingerprint density at radius 2 is 2.00 bits per heavy atom. The predicted molar refractivity (Wildman–Crippen MR) is 87.3 cm³/mol.